The molecular formula is C28H33F3N4O. The van der Waals surface area contributed by atoms with Crippen LogP contribution in [0.1, 0.15) is 73.6 Å². The van der Waals surface area contributed by atoms with Crippen molar-refractivity contribution in [2.45, 2.75) is 63.3 Å². The van der Waals surface area contributed by atoms with Gasteiger partial charge >= 0.3 is 6.36 Å². The van der Waals surface area contributed by atoms with Gasteiger partial charge in [-0.2, -0.15) is 5.26 Å². The first-order chi connectivity index (χ1) is 17.4. The number of benzene rings is 2. The van der Waals surface area contributed by atoms with E-state index in [4.69, 9.17) is 5.73 Å². The van der Waals surface area contributed by atoms with E-state index < -0.39 is 6.36 Å². The number of fused-ring (bicyclic) bond motifs is 1. The van der Waals surface area contributed by atoms with Gasteiger partial charge in [0.1, 0.15) is 5.75 Å². The Morgan fingerprint density at radius 3 is 2.64 bits per heavy atom. The Morgan fingerprint density at radius 1 is 1.11 bits per heavy atom. The molecular weight excluding hydrogens is 465 g/mol. The molecule has 3 N–H and O–H groups in total. The van der Waals surface area contributed by atoms with Crippen molar-refractivity contribution >= 4 is 10.9 Å². The molecule has 0 aliphatic heterocycles. The number of ether oxygens (including phenoxy) is 1. The second-order valence-electron chi connectivity index (χ2n) is 9.48. The van der Waals surface area contributed by atoms with Crippen molar-refractivity contribution in [1.82, 2.24) is 9.88 Å². The van der Waals surface area contributed by atoms with Gasteiger partial charge in [0.05, 0.1) is 11.6 Å². The fourth-order valence-corrected chi connectivity index (χ4v) is 5.32. The summed E-state index contributed by atoms with van der Waals surface area (Å²) in [5.41, 5.74) is 9.05. The van der Waals surface area contributed by atoms with Gasteiger partial charge in [-0.1, -0.05) is 37.5 Å². The number of hydrogen-bond acceptors (Lipinski definition) is 4. The molecule has 3 aromatic rings. The largest absolute Gasteiger partial charge is 0.573 e. The van der Waals surface area contributed by atoms with Crippen LogP contribution in [0.25, 0.3) is 10.9 Å². The van der Waals surface area contributed by atoms with Gasteiger partial charge in [-0.25, -0.2) is 0 Å². The first-order valence-electron chi connectivity index (χ1n) is 12.7. The van der Waals surface area contributed by atoms with Gasteiger partial charge in [-0.15, -0.1) is 13.2 Å². The van der Waals surface area contributed by atoms with Gasteiger partial charge in [0.15, 0.2) is 0 Å². The summed E-state index contributed by atoms with van der Waals surface area (Å²) in [6, 6.07) is 14.6. The first-order valence-corrected chi connectivity index (χ1v) is 12.7. The van der Waals surface area contributed by atoms with Crippen LogP contribution >= 0.6 is 0 Å². The molecule has 0 radical (unpaired) electrons. The number of nitrogens with zero attached hydrogens (tertiary/aromatic N) is 2. The fourth-order valence-electron chi connectivity index (χ4n) is 5.32. The Morgan fingerprint density at radius 2 is 1.92 bits per heavy atom. The summed E-state index contributed by atoms with van der Waals surface area (Å²) < 4.78 is 45.3. The number of aromatic nitrogens is 1. The van der Waals surface area contributed by atoms with Gasteiger partial charge in [0.25, 0.3) is 0 Å². The van der Waals surface area contributed by atoms with Gasteiger partial charge in [0, 0.05) is 29.1 Å². The zero-order valence-corrected chi connectivity index (χ0v) is 20.4. The van der Waals surface area contributed by atoms with Crippen LogP contribution in [0.4, 0.5) is 13.2 Å². The third-order valence-electron chi connectivity index (χ3n) is 7.00. The summed E-state index contributed by atoms with van der Waals surface area (Å²) in [5, 5.41) is 14.0. The average molecular weight is 499 g/mol. The lowest BCUT2D eigenvalue weighted by Gasteiger charge is -2.24. The lowest BCUT2D eigenvalue weighted by atomic mass is 9.88. The third-order valence-corrected chi connectivity index (χ3v) is 7.00. The SMILES string of the molecule is N#Cc1ccc2c(C(CCNCCCN)c3cccc(OC(F)(F)F)c3)cn(C3CCCCC3)c2c1. The summed E-state index contributed by atoms with van der Waals surface area (Å²) in [6.45, 7) is 2.08. The normalized spacial score (nSPS) is 15.6. The lowest BCUT2D eigenvalue weighted by Crippen LogP contribution is -2.21. The van der Waals surface area contributed by atoms with E-state index in [0.717, 1.165) is 47.8 Å². The highest BCUT2D eigenvalue weighted by molar-refractivity contribution is 5.86. The van der Waals surface area contributed by atoms with E-state index in [1.807, 2.05) is 24.3 Å². The molecule has 1 saturated carbocycles. The molecule has 1 aliphatic carbocycles. The molecule has 4 rings (SSSR count). The molecule has 8 heteroatoms. The summed E-state index contributed by atoms with van der Waals surface area (Å²) >= 11 is 0. The second-order valence-corrected chi connectivity index (χ2v) is 9.48. The summed E-state index contributed by atoms with van der Waals surface area (Å²) in [5.74, 6) is -0.365. The van der Waals surface area contributed by atoms with E-state index in [-0.39, 0.29) is 11.7 Å². The zero-order valence-electron chi connectivity index (χ0n) is 20.4. The number of nitrogens with two attached hydrogens (primary N) is 1. The number of rotatable bonds is 10. The molecule has 1 fully saturated rings. The standard InChI is InChI=1S/C28H33F3N4O/c29-28(30,31)36-23-9-4-6-21(17-23)24(12-15-34-14-5-13-32)26-19-35(22-7-2-1-3-8-22)27-16-20(18-33)10-11-25(26)27/h4,6,9-11,16-17,19,22,24,34H,1-3,5,7-8,12-15,32H2. The van der Waals surface area contributed by atoms with Gasteiger partial charge in [0.2, 0.25) is 0 Å². The predicted octanol–water partition coefficient (Wildman–Crippen LogP) is 6.38. The molecule has 0 spiro atoms. The van der Waals surface area contributed by atoms with Gasteiger partial charge in [-0.05, 0) is 80.7 Å². The highest BCUT2D eigenvalue weighted by Gasteiger charge is 2.31. The maximum atomic E-state index is 12.9. The van der Waals surface area contributed by atoms with E-state index in [0.29, 0.717) is 31.1 Å². The zero-order chi connectivity index (χ0) is 25.5. The number of nitriles is 1. The quantitative estimate of drug-likeness (QED) is 0.318. The highest BCUT2D eigenvalue weighted by atomic mass is 19.4. The minimum absolute atomic E-state index is 0.146. The number of alkyl halides is 3. The van der Waals surface area contributed by atoms with Crippen molar-refractivity contribution < 1.29 is 17.9 Å². The molecule has 192 valence electrons. The minimum atomic E-state index is -4.75. The van der Waals surface area contributed by atoms with Crippen LogP contribution in [-0.4, -0.2) is 30.6 Å². The van der Waals surface area contributed by atoms with Crippen molar-refractivity contribution in [3.63, 3.8) is 0 Å². The van der Waals surface area contributed by atoms with E-state index in [9.17, 15) is 18.4 Å². The minimum Gasteiger partial charge on any atom is -0.406 e. The van der Waals surface area contributed by atoms with Crippen LogP contribution in [0.3, 0.4) is 0 Å². The van der Waals surface area contributed by atoms with Crippen LogP contribution in [0, 0.1) is 11.3 Å². The molecule has 5 nitrogen and oxygen atoms in total. The molecule has 0 bridgehead atoms. The van der Waals surface area contributed by atoms with Crippen LogP contribution in [0.5, 0.6) is 5.75 Å². The molecule has 1 aromatic heterocycles. The van der Waals surface area contributed by atoms with E-state index in [2.05, 4.69) is 26.9 Å². The molecule has 0 saturated heterocycles. The predicted molar refractivity (Wildman–Crippen MR) is 135 cm³/mol. The van der Waals surface area contributed by atoms with Crippen molar-refractivity contribution in [3.05, 3.63) is 65.4 Å². The Hall–Kier alpha value is -3.02. The number of halogens is 3. The van der Waals surface area contributed by atoms with Crippen LogP contribution in [0.2, 0.25) is 0 Å². The summed E-state index contributed by atoms with van der Waals surface area (Å²) in [4.78, 5) is 0. The highest BCUT2D eigenvalue weighted by Crippen LogP contribution is 2.40. The summed E-state index contributed by atoms with van der Waals surface area (Å²) in [7, 11) is 0. The fraction of sp³-hybridized carbons (Fsp3) is 0.464. The Kier molecular flexibility index (Phi) is 8.55. The van der Waals surface area contributed by atoms with Crippen molar-refractivity contribution in [2.24, 2.45) is 5.73 Å². The molecule has 36 heavy (non-hydrogen) atoms. The topological polar surface area (TPSA) is 76.0 Å². The Bertz CT molecular complexity index is 1190. The maximum absolute atomic E-state index is 12.9. The van der Waals surface area contributed by atoms with Gasteiger partial charge < -0.3 is 20.4 Å². The molecule has 1 heterocycles. The maximum Gasteiger partial charge on any atom is 0.573 e. The molecule has 1 aliphatic rings. The Balaban J connectivity index is 1.76. The third kappa shape index (κ3) is 6.40. The van der Waals surface area contributed by atoms with E-state index in [1.165, 1.54) is 31.4 Å². The van der Waals surface area contributed by atoms with E-state index >= 15 is 0 Å². The first kappa shape index (κ1) is 26.1. The van der Waals surface area contributed by atoms with Crippen molar-refractivity contribution in [1.29, 1.82) is 5.26 Å². The lowest BCUT2D eigenvalue weighted by molar-refractivity contribution is -0.274. The van der Waals surface area contributed by atoms with Crippen LogP contribution in [0.15, 0.2) is 48.7 Å². The van der Waals surface area contributed by atoms with Crippen molar-refractivity contribution in [3.8, 4) is 11.8 Å². The second kappa shape index (κ2) is 11.8. The summed E-state index contributed by atoms with van der Waals surface area (Å²) in [6.07, 6.45) is 4.72. The van der Waals surface area contributed by atoms with Crippen LogP contribution < -0.4 is 15.8 Å². The smallest absolute Gasteiger partial charge is 0.406 e. The number of nitrogens with one attached hydrogen (secondary N) is 1. The molecule has 1 unspecified atom stereocenters. The molecule has 0 amide bonds. The number of hydrogen-bond donors (Lipinski definition) is 2. The van der Waals surface area contributed by atoms with E-state index in [1.54, 1.807) is 6.07 Å². The monoisotopic (exact) mass is 498 g/mol. The average Bonchev–Trinajstić information content (AvgIpc) is 3.24. The van der Waals surface area contributed by atoms with Crippen molar-refractivity contribution in [2.75, 3.05) is 19.6 Å². The molecule has 1 atom stereocenters. The van der Waals surface area contributed by atoms with Crippen LogP contribution in [-0.2, 0) is 0 Å². The Labute approximate surface area is 210 Å². The van der Waals surface area contributed by atoms with Gasteiger partial charge in [-0.3, -0.25) is 0 Å². The molecule has 2 aromatic carbocycles.